The summed E-state index contributed by atoms with van der Waals surface area (Å²) in [5, 5.41) is 17.0. The molecule has 8 nitrogen and oxygen atoms in total. The van der Waals surface area contributed by atoms with E-state index in [-0.39, 0.29) is 17.4 Å². The third-order valence-corrected chi connectivity index (χ3v) is 2.74. The second-order valence-electron chi connectivity index (χ2n) is 4.60. The van der Waals surface area contributed by atoms with Gasteiger partial charge in [-0.2, -0.15) is 5.26 Å². The third-order valence-electron chi connectivity index (χ3n) is 2.74. The van der Waals surface area contributed by atoms with Crippen LogP contribution in [0.3, 0.4) is 0 Å². The van der Waals surface area contributed by atoms with Crippen LogP contribution in [-0.4, -0.2) is 21.8 Å². The van der Waals surface area contributed by atoms with Crippen molar-refractivity contribution in [3.05, 3.63) is 54.5 Å². The molecule has 0 spiro atoms. The van der Waals surface area contributed by atoms with E-state index in [1.54, 1.807) is 36.4 Å². The maximum atomic E-state index is 12.1. The van der Waals surface area contributed by atoms with Crippen LogP contribution in [0.1, 0.15) is 6.92 Å². The van der Waals surface area contributed by atoms with Gasteiger partial charge in [0.2, 0.25) is 11.9 Å². The molecule has 0 unspecified atom stereocenters. The van der Waals surface area contributed by atoms with Crippen molar-refractivity contribution in [3.63, 3.8) is 0 Å². The number of rotatable bonds is 5. The number of hydrogen-bond acceptors (Lipinski definition) is 6. The van der Waals surface area contributed by atoms with Crippen LogP contribution in [0.5, 0.6) is 0 Å². The molecule has 8 heteroatoms. The Kier molecular flexibility index (Phi) is 5.58. The van der Waals surface area contributed by atoms with Crippen LogP contribution in [0.2, 0.25) is 0 Å². The van der Waals surface area contributed by atoms with Gasteiger partial charge < -0.3 is 16.0 Å². The van der Waals surface area contributed by atoms with E-state index in [0.717, 1.165) is 0 Å². The minimum atomic E-state index is -0.576. The van der Waals surface area contributed by atoms with E-state index in [1.165, 1.54) is 25.5 Å². The average molecular weight is 322 g/mol. The molecule has 0 saturated carbocycles. The Morgan fingerprint density at radius 2 is 1.67 bits per heavy atom. The highest BCUT2D eigenvalue weighted by Gasteiger charge is 2.09. The van der Waals surface area contributed by atoms with Gasteiger partial charge in [0.05, 0.1) is 0 Å². The van der Waals surface area contributed by atoms with Crippen LogP contribution in [-0.2, 0) is 9.59 Å². The first kappa shape index (κ1) is 16.6. The number of nitrogens with one attached hydrogen (secondary N) is 3. The highest BCUT2D eigenvalue weighted by atomic mass is 16.2. The topological polar surface area (TPSA) is 120 Å². The zero-order chi connectivity index (χ0) is 17.4. The molecule has 2 amide bonds. The number of nitriles is 1. The number of aromatic nitrogens is 2. The van der Waals surface area contributed by atoms with Gasteiger partial charge >= 0.3 is 0 Å². The summed E-state index contributed by atoms with van der Waals surface area (Å²) in [5.74, 6) is -0.485. The summed E-state index contributed by atoms with van der Waals surface area (Å²) in [7, 11) is 0. The molecule has 0 aliphatic carbocycles. The van der Waals surface area contributed by atoms with Gasteiger partial charge in [-0.3, -0.25) is 9.59 Å². The van der Waals surface area contributed by atoms with Crippen LogP contribution >= 0.6 is 0 Å². The molecular weight excluding hydrogens is 308 g/mol. The lowest BCUT2D eigenvalue weighted by Gasteiger charge is -2.06. The lowest BCUT2D eigenvalue weighted by atomic mass is 10.2. The first-order chi connectivity index (χ1) is 11.6. The van der Waals surface area contributed by atoms with Crippen LogP contribution in [0.4, 0.5) is 17.3 Å². The highest BCUT2D eigenvalue weighted by molar-refractivity contribution is 6.06. The Labute approximate surface area is 138 Å². The summed E-state index contributed by atoms with van der Waals surface area (Å²) < 4.78 is 0. The summed E-state index contributed by atoms with van der Waals surface area (Å²) in [6.07, 6.45) is 4.30. The number of amides is 2. The van der Waals surface area contributed by atoms with Crippen molar-refractivity contribution in [2.45, 2.75) is 6.92 Å². The zero-order valence-electron chi connectivity index (χ0n) is 12.8. The third kappa shape index (κ3) is 4.92. The molecule has 1 heterocycles. The fourth-order valence-electron chi connectivity index (χ4n) is 1.70. The summed E-state index contributed by atoms with van der Waals surface area (Å²) >= 11 is 0. The van der Waals surface area contributed by atoms with Gasteiger partial charge in [-0.1, -0.05) is 0 Å². The SMILES string of the molecule is CC(=O)Nc1ccc(NC(=O)/C(C#N)=C\Nc2ncccn2)cc1. The number of hydrogen-bond donors (Lipinski definition) is 3. The van der Waals surface area contributed by atoms with Crippen LogP contribution < -0.4 is 16.0 Å². The maximum absolute atomic E-state index is 12.1. The van der Waals surface area contributed by atoms with Crippen molar-refractivity contribution in [1.82, 2.24) is 9.97 Å². The molecule has 0 atom stereocenters. The molecular formula is C16H14N6O2. The molecule has 2 rings (SSSR count). The molecule has 0 saturated heterocycles. The number of anilines is 3. The first-order valence-corrected chi connectivity index (χ1v) is 6.91. The van der Waals surface area contributed by atoms with Crippen molar-refractivity contribution in [2.24, 2.45) is 0 Å². The van der Waals surface area contributed by atoms with Gasteiger partial charge in [0.1, 0.15) is 11.6 Å². The van der Waals surface area contributed by atoms with Crippen molar-refractivity contribution in [3.8, 4) is 6.07 Å². The zero-order valence-corrected chi connectivity index (χ0v) is 12.8. The molecule has 24 heavy (non-hydrogen) atoms. The Morgan fingerprint density at radius 3 is 2.21 bits per heavy atom. The molecule has 2 aromatic rings. The van der Waals surface area contributed by atoms with Crippen molar-refractivity contribution in [2.75, 3.05) is 16.0 Å². The largest absolute Gasteiger partial charge is 0.329 e. The lowest BCUT2D eigenvalue weighted by Crippen LogP contribution is -2.15. The fraction of sp³-hybridized carbons (Fsp3) is 0.0625. The quantitative estimate of drug-likeness (QED) is 0.571. The van der Waals surface area contributed by atoms with E-state index in [4.69, 9.17) is 5.26 Å². The Bertz CT molecular complexity index is 794. The molecule has 0 fully saturated rings. The fourth-order valence-corrected chi connectivity index (χ4v) is 1.70. The standard InChI is InChI=1S/C16H14N6O2/c1-11(23)21-13-3-5-14(6-4-13)22-15(24)12(9-17)10-20-16-18-7-2-8-19-16/h2-8,10H,1H3,(H,21,23)(H,22,24)(H,18,19,20)/b12-10-. The first-order valence-electron chi connectivity index (χ1n) is 6.91. The van der Waals surface area contributed by atoms with Crippen LogP contribution in [0, 0.1) is 11.3 Å². The second kappa shape index (κ2) is 8.05. The van der Waals surface area contributed by atoms with Crippen LogP contribution in [0.25, 0.3) is 0 Å². The van der Waals surface area contributed by atoms with E-state index >= 15 is 0 Å². The Balaban J connectivity index is 2.01. The predicted octanol–water partition coefficient (Wildman–Crippen LogP) is 1.89. The van der Waals surface area contributed by atoms with Gasteiger partial charge in [-0.25, -0.2) is 9.97 Å². The molecule has 0 bridgehead atoms. The molecule has 1 aromatic carbocycles. The monoisotopic (exact) mass is 322 g/mol. The van der Waals surface area contributed by atoms with Gasteiger partial charge in [0, 0.05) is 36.9 Å². The molecule has 0 aliphatic heterocycles. The van der Waals surface area contributed by atoms with Gasteiger partial charge in [-0.15, -0.1) is 0 Å². The number of carbonyl (C=O) groups is 2. The Hall–Kier alpha value is -3.73. The van der Waals surface area contributed by atoms with E-state index < -0.39 is 5.91 Å². The van der Waals surface area contributed by atoms with E-state index in [9.17, 15) is 9.59 Å². The number of carbonyl (C=O) groups excluding carboxylic acids is 2. The normalized spacial score (nSPS) is 10.4. The van der Waals surface area contributed by atoms with E-state index in [2.05, 4.69) is 25.9 Å². The summed E-state index contributed by atoms with van der Waals surface area (Å²) in [6, 6.07) is 9.97. The number of nitrogens with zero attached hydrogens (tertiary/aromatic N) is 3. The molecule has 120 valence electrons. The minimum absolute atomic E-state index is 0.131. The van der Waals surface area contributed by atoms with Crippen molar-refractivity contribution < 1.29 is 9.59 Å². The molecule has 0 radical (unpaired) electrons. The lowest BCUT2D eigenvalue weighted by molar-refractivity contribution is -0.114. The summed E-state index contributed by atoms with van der Waals surface area (Å²) in [6.45, 7) is 1.41. The predicted molar refractivity (Wildman–Crippen MR) is 88.7 cm³/mol. The second-order valence-corrected chi connectivity index (χ2v) is 4.60. The smallest absolute Gasteiger partial charge is 0.267 e. The molecule has 0 aliphatic rings. The summed E-state index contributed by atoms with van der Waals surface area (Å²) in [4.78, 5) is 30.9. The van der Waals surface area contributed by atoms with Crippen LogP contribution in [0.15, 0.2) is 54.5 Å². The van der Waals surface area contributed by atoms with Gasteiger partial charge in [-0.05, 0) is 30.3 Å². The molecule has 1 aromatic heterocycles. The van der Waals surface area contributed by atoms with Crippen molar-refractivity contribution >= 4 is 29.1 Å². The maximum Gasteiger partial charge on any atom is 0.267 e. The Morgan fingerprint density at radius 1 is 1.08 bits per heavy atom. The van der Waals surface area contributed by atoms with Gasteiger partial charge in [0.25, 0.3) is 5.91 Å². The van der Waals surface area contributed by atoms with Crippen molar-refractivity contribution in [1.29, 1.82) is 5.26 Å². The van der Waals surface area contributed by atoms with Gasteiger partial charge in [0.15, 0.2) is 0 Å². The highest BCUT2D eigenvalue weighted by Crippen LogP contribution is 2.14. The number of benzene rings is 1. The average Bonchev–Trinajstić information content (AvgIpc) is 2.58. The minimum Gasteiger partial charge on any atom is -0.329 e. The molecule has 3 N–H and O–H groups in total. The van der Waals surface area contributed by atoms with E-state index in [0.29, 0.717) is 11.4 Å². The van der Waals surface area contributed by atoms with E-state index in [1.807, 2.05) is 0 Å². The summed E-state index contributed by atoms with van der Waals surface area (Å²) in [5.41, 5.74) is 0.971.